The number of hydrogen-bond acceptors (Lipinski definition) is 5. The highest BCUT2D eigenvalue weighted by molar-refractivity contribution is 6.30. The highest BCUT2D eigenvalue weighted by atomic mass is 35.5. The number of nitrogens with one attached hydrogen (secondary N) is 1. The van der Waals surface area contributed by atoms with Crippen LogP contribution in [0.25, 0.3) is 11.5 Å². The molecule has 2 aromatic rings. The van der Waals surface area contributed by atoms with Gasteiger partial charge in [-0.05, 0) is 51.0 Å². The molecule has 4 rings (SSSR count). The summed E-state index contributed by atoms with van der Waals surface area (Å²) in [5.74, 6) is 0.355. The van der Waals surface area contributed by atoms with Crippen LogP contribution in [0.1, 0.15) is 32.6 Å². The number of rotatable bonds is 6. The van der Waals surface area contributed by atoms with Crippen LogP contribution in [0, 0.1) is 11.8 Å². The average molecular weight is 416 g/mol. The minimum atomic E-state index is -0.208. The second kappa shape index (κ2) is 8.08. The molecule has 7 nitrogen and oxygen atoms in total. The lowest BCUT2D eigenvalue weighted by atomic mass is 9.85. The zero-order valence-electron chi connectivity index (χ0n) is 16.5. The van der Waals surface area contributed by atoms with Crippen molar-refractivity contribution in [1.29, 1.82) is 0 Å². The third kappa shape index (κ3) is 3.97. The van der Waals surface area contributed by atoms with Gasteiger partial charge in [-0.25, -0.2) is 4.90 Å². The molecule has 8 heteroatoms. The van der Waals surface area contributed by atoms with Gasteiger partial charge in [-0.3, -0.25) is 9.59 Å². The number of nitrogens with zero attached hydrogens (tertiary/aromatic N) is 3. The number of carbonyl (C=O) groups excluding carboxylic acids is 2. The zero-order valence-corrected chi connectivity index (χ0v) is 17.2. The Morgan fingerprint density at radius 2 is 1.72 bits per heavy atom. The molecule has 0 spiro atoms. The Bertz CT molecular complexity index is 912. The van der Waals surface area contributed by atoms with Crippen LogP contribution in [0.3, 0.4) is 0 Å². The van der Waals surface area contributed by atoms with Gasteiger partial charge in [-0.15, -0.1) is 10.2 Å². The highest BCUT2D eigenvalue weighted by Crippen LogP contribution is 2.34. The summed E-state index contributed by atoms with van der Waals surface area (Å²) < 4.78 is 5.82. The number of hydrogen-bond donors (Lipinski definition) is 1. The average Bonchev–Trinajstić information content (AvgIpc) is 3.27. The van der Waals surface area contributed by atoms with Gasteiger partial charge in [-0.2, -0.15) is 0 Å². The lowest BCUT2D eigenvalue weighted by Gasteiger charge is -2.26. The van der Waals surface area contributed by atoms with E-state index in [4.69, 9.17) is 16.0 Å². The number of carbonyl (C=O) groups is 2. The van der Waals surface area contributed by atoms with Gasteiger partial charge in [0.2, 0.25) is 17.7 Å². The standard InChI is InChI=1S/C21H23ClN4O3/c1-13(2)25(12-26-20(27)16-5-3-4-6-17(16)21(26)28)11-18-23-24-19(29-18)14-7-9-15(22)10-8-14/h3-4,7-10,13,16-17H,5-6,11-12H2,1-2H3/p+1/t16-,17-/m0/s1. The largest absolute Gasteiger partial charge is 0.415 e. The van der Waals surface area contributed by atoms with E-state index >= 15 is 0 Å². The topological polar surface area (TPSA) is 80.7 Å². The van der Waals surface area contributed by atoms with Crippen molar-refractivity contribution in [3.63, 3.8) is 0 Å². The van der Waals surface area contributed by atoms with Crippen LogP contribution in [-0.4, -0.2) is 39.6 Å². The van der Waals surface area contributed by atoms with E-state index in [1.54, 1.807) is 12.1 Å². The Morgan fingerprint density at radius 3 is 2.31 bits per heavy atom. The monoisotopic (exact) mass is 415 g/mol. The Labute approximate surface area is 174 Å². The number of imide groups is 1. The molecule has 1 N–H and O–H groups in total. The van der Waals surface area contributed by atoms with Crippen LogP contribution in [0.4, 0.5) is 0 Å². The molecule has 1 unspecified atom stereocenters. The number of halogens is 1. The van der Waals surface area contributed by atoms with E-state index < -0.39 is 0 Å². The number of amides is 2. The molecule has 3 atom stereocenters. The molecule has 1 aliphatic heterocycles. The highest BCUT2D eigenvalue weighted by Gasteiger charge is 2.48. The molecular formula is C21H24ClN4O3+. The maximum Gasteiger partial charge on any atom is 0.271 e. The maximum absolute atomic E-state index is 12.8. The molecule has 0 radical (unpaired) electrons. The first-order valence-corrected chi connectivity index (χ1v) is 10.2. The van der Waals surface area contributed by atoms with Gasteiger partial charge in [0.1, 0.15) is 0 Å². The van der Waals surface area contributed by atoms with Crippen molar-refractivity contribution >= 4 is 23.4 Å². The van der Waals surface area contributed by atoms with Gasteiger partial charge in [0.15, 0.2) is 13.2 Å². The Hall–Kier alpha value is -2.51. The third-order valence-corrected chi connectivity index (χ3v) is 5.96. The fourth-order valence-electron chi connectivity index (χ4n) is 3.90. The Balaban J connectivity index is 1.47. The maximum atomic E-state index is 12.8. The van der Waals surface area contributed by atoms with Crippen molar-refractivity contribution in [3.05, 3.63) is 47.3 Å². The lowest BCUT2D eigenvalue weighted by molar-refractivity contribution is -0.943. The fraction of sp³-hybridized carbons (Fsp3) is 0.429. The summed E-state index contributed by atoms with van der Waals surface area (Å²) in [6.45, 7) is 4.83. The molecule has 152 valence electrons. The van der Waals surface area contributed by atoms with Crippen molar-refractivity contribution in [2.75, 3.05) is 6.67 Å². The third-order valence-electron chi connectivity index (χ3n) is 5.71. The number of fused-ring (bicyclic) bond motifs is 1. The first kappa shape index (κ1) is 19.8. The SMILES string of the molecule is CC(C)[NH+](Cc1nnc(-c2ccc(Cl)cc2)o1)CN1C(=O)[C@H]2CC=CC[C@@H]2C1=O. The van der Waals surface area contributed by atoms with Crippen molar-refractivity contribution in [2.24, 2.45) is 11.8 Å². The summed E-state index contributed by atoms with van der Waals surface area (Å²) in [6.07, 6.45) is 5.30. The summed E-state index contributed by atoms with van der Waals surface area (Å²) in [7, 11) is 0. The summed E-state index contributed by atoms with van der Waals surface area (Å²) in [4.78, 5) is 28.0. The van der Waals surface area contributed by atoms with Crippen molar-refractivity contribution in [3.8, 4) is 11.5 Å². The zero-order chi connectivity index (χ0) is 20.5. The fourth-order valence-corrected chi connectivity index (χ4v) is 4.02. The second-order valence-electron chi connectivity index (χ2n) is 7.92. The normalized spacial score (nSPS) is 22.4. The van der Waals surface area contributed by atoms with E-state index in [-0.39, 0.29) is 29.7 Å². The number of aromatic nitrogens is 2. The molecule has 2 aliphatic rings. The van der Waals surface area contributed by atoms with E-state index in [0.29, 0.717) is 42.9 Å². The van der Waals surface area contributed by atoms with Gasteiger partial charge in [-0.1, -0.05) is 23.8 Å². The minimum Gasteiger partial charge on any atom is -0.415 e. The molecule has 1 aromatic heterocycles. The van der Waals surface area contributed by atoms with Gasteiger partial charge >= 0.3 is 0 Å². The summed E-state index contributed by atoms with van der Waals surface area (Å²) in [5, 5.41) is 8.91. The number of allylic oxidation sites excluding steroid dienone is 2. The Kier molecular flexibility index (Phi) is 5.52. The minimum absolute atomic E-state index is 0.0603. The van der Waals surface area contributed by atoms with Gasteiger partial charge in [0.25, 0.3) is 5.89 Å². The molecule has 2 amide bonds. The quantitative estimate of drug-likeness (QED) is 0.577. The molecule has 1 saturated heterocycles. The van der Waals surface area contributed by atoms with Gasteiger partial charge < -0.3 is 9.32 Å². The van der Waals surface area contributed by atoms with E-state index in [9.17, 15) is 9.59 Å². The van der Waals surface area contributed by atoms with Crippen molar-refractivity contribution < 1.29 is 18.9 Å². The molecule has 1 aliphatic carbocycles. The molecule has 2 heterocycles. The van der Waals surface area contributed by atoms with Gasteiger partial charge in [0.05, 0.1) is 17.9 Å². The molecule has 1 fully saturated rings. The summed E-state index contributed by atoms with van der Waals surface area (Å²) in [5.41, 5.74) is 0.792. The van der Waals surface area contributed by atoms with Crippen LogP contribution in [0.5, 0.6) is 0 Å². The first-order chi connectivity index (χ1) is 13.9. The number of likely N-dealkylation sites (tertiary alicyclic amines) is 1. The van der Waals surface area contributed by atoms with E-state index in [1.807, 2.05) is 38.1 Å². The summed E-state index contributed by atoms with van der Waals surface area (Å²) in [6, 6.07) is 7.35. The predicted molar refractivity (Wildman–Crippen MR) is 107 cm³/mol. The van der Waals surface area contributed by atoms with Crippen molar-refractivity contribution in [1.82, 2.24) is 15.1 Å². The smallest absolute Gasteiger partial charge is 0.271 e. The first-order valence-electron chi connectivity index (χ1n) is 9.87. The van der Waals surface area contributed by atoms with Crippen LogP contribution in [-0.2, 0) is 16.1 Å². The Morgan fingerprint density at radius 1 is 1.10 bits per heavy atom. The molecule has 0 saturated carbocycles. The molecular weight excluding hydrogens is 392 g/mol. The van der Waals surface area contributed by atoms with Crippen LogP contribution < -0.4 is 4.90 Å². The van der Waals surface area contributed by atoms with Crippen LogP contribution in [0.15, 0.2) is 40.8 Å². The lowest BCUT2D eigenvalue weighted by Crippen LogP contribution is -3.15. The molecule has 1 aromatic carbocycles. The van der Waals surface area contributed by atoms with E-state index in [1.165, 1.54) is 4.90 Å². The second-order valence-corrected chi connectivity index (χ2v) is 8.35. The summed E-state index contributed by atoms with van der Waals surface area (Å²) >= 11 is 5.92. The van der Waals surface area contributed by atoms with Crippen LogP contribution in [0.2, 0.25) is 5.02 Å². The van der Waals surface area contributed by atoms with Gasteiger partial charge in [0, 0.05) is 10.6 Å². The molecule has 29 heavy (non-hydrogen) atoms. The molecule has 0 bridgehead atoms. The van der Waals surface area contributed by atoms with E-state index in [0.717, 1.165) is 10.5 Å². The van der Waals surface area contributed by atoms with Crippen LogP contribution >= 0.6 is 11.6 Å². The number of quaternary nitrogens is 1. The van der Waals surface area contributed by atoms with Crippen molar-refractivity contribution in [2.45, 2.75) is 39.3 Å². The number of benzene rings is 1. The van der Waals surface area contributed by atoms with E-state index in [2.05, 4.69) is 10.2 Å². The predicted octanol–water partition coefficient (Wildman–Crippen LogP) is 2.09.